The molecule has 114 valence electrons. The van der Waals surface area contributed by atoms with E-state index in [-0.39, 0.29) is 0 Å². The van der Waals surface area contributed by atoms with Gasteiger partial charge in [0.05, 0.1) is 7.11 Å². The Bertz CT molecular complexity index is 573. The minimum Gasteiger partial charge on any atom is -0.453 e. The number of imide groups is 1. The fourth-order valence-corrected chi connectivity index (χ4v) is 2.03. The van der Waals surface area contributed by atoms with Crippen LogP contribution in [0.1, 0.15) is 5.56 Å². The van der Waals surface area contributed by atoms with Gasteiger partial charge in [-0.15, -0.1) is 0 Å². The predicted octanol–water partition coefficient (Wildman–Crippen LogP) is 2.59. The number of carbonyl (C=O) groups excluding carboxylic acids is 2. The van der Waals surface area contributed by atoms with E-state index in [9.17, 15) is 9.59 Å². The second-order valence-electron chi connectivity index (χ2n) is 4.73. The van der Waals surface area contributed by atoms with Gasteiger partial charge in [-0.3, -0.25) is 10.1 Å². The minimum absolute atomic E-state index is 0.431. The summed E-state index contributed by atoms with van der Waals surface area (Å²) in [5.41, 5.74) is 1.80. The fraction of sp³-hybridized carbons (Fsp3) is 0.176. The van der Waals surface area contributed by atoms with E-state index in [1.807, 2.05) is 60.7 Å². The molecule has 0 unspecified atom stereocenters. The first-order valence-electron chi connectivity index (χ1n) is 6.93. The molecular weight excluding hydrogens is 280 g/mol. The van der Waals surface area contributed by atoms with Gasteiger partial charge >= 0.3 is 6.09 Å². The minimum atomic E-state index is -0.766. The lowest BCUT2D eigenvalue weighted by Crippen LogP contribution is -2.43. The summed E-state index contributed by atoms with van der Waals surface area (Å²) in [5, 5.41) is 5.34. The molecule has 0 saturated carbocycles. The summed E-state index contributed by atoms with van der Waals surface area (Å²) in [7, 11) is 1.22. The molecule has 22 heavy (non-hydrogen) atoms. The summed E-state index contributed by atoms with van der Waals surface area (Å²) >= 11 is 0. The van der Waals surface area contributed by atoms with Crippen LogP contribution in [0.5, 0.6) is 0 Å². The van der Waals surface area contributed by atoms with Crippen molar-refractivity contribution >= 4 is 17.7 Å². The molecule has 0 aliphatic rings. The number of carbonyl (C=O) groups is 2. The number of rotatable bonds is 5. The number of hydrogen-bond donors (Lipinski definition) is 2. The van der Waals surface area contributed by atoms with Crippen molar-refractivity contribution in [3.63, 3.8) is 0 Å². The van der Waals surface area contributed by atoms with E-state index in [2.05, 4.69) is 15.4 Å². The summed E-state index contributed by atoms with van der Waals surface area (Å²) in [6, 6.07) is 18.4. The molecule has 2 amide bonds. The maximum atomic E-state index is 12.2. The van der Waals surface area contributed by atoms with Crippen LogP contribution in [-0.2, 0) is 16.0 Å². The van der Waals surface area contributed by atoms with Crippen LogP contribution in [0.25, 0.3) is 0 Å². The van der Waals surface area contributed by atoms with Crippen molar-refractivity contribution in [3.05, 3.63) is 66.2 Å². The number of alkyl carbamates (subject to hydrolysis) is 1. The second kappa shape index (κ2) is 7.83. The highest BCUT2D eigenvalue weighted by atomic mass is 16.5. The van der Waals surface area contributed by atoms with Crippen LogP contribution < -0.4 is 10.6 Å². The van der Waals surface area contributed by atoms with Gasteiger partial charge in [-0.05, 0) is 17.7 Å². The van der Waals surface area contributed by atoms with Gasteiger partial charge in [0.1, 0.15) is 6.04 Å². The number of nitrogens with one attached hydrogen (secondary N) is 2. The van der Waals surface area contributed by atoms with E-state index < -0.39 is 18.0 Å². The molecule has 0 aliphatic carbocycles. The molecule has 1 atom stereocenters. The maximum absolute atomic E-state index is 12.2. The standard InChI is InChI=1S/C17H18N2O3/c1-22-17(21)19-16(20)15(12-13-8-4-2-5-9-13)18-14-10-6-3-7-11-14/h2-11,15,18H,12H2,1H3,(H,19,20,21)/t15-/m0/s1. The molecule has 0 aromatic heterocycles. The third-order valence-corrected chi connectivity index (χ3v) is 3.12. The predicted molar refractivity (Wildman–Crippen MR) is 84.5 cm³/mol. The van der Waals surface area contributed by atoms with Gasteiger partial charge in [0, 0.05) is 12.1 Å². The highest BCUT2D eigenvalue weighted by Gasteiger charge is 2.21. The van der Waals surface area contributed by atoms with Crippen molar-refractivity contribution in [1.29, 1.82) is 0 Å². The smallest absolute Gasteiger partial charge is 0.413 e. The van der Waals surface area contributed by atoms with Crippen LogP contribution >= 0.6 is 0 Å². The van der Waals surface area contributed by atoms with E-state index in [0.717, 1.165) is 11.3 Å². The quantitative estimate of drug-likeness (QED) is 0.890. The Morgan fingerprint density at radius 2 is 1.59 bits per heavy atom. The van der Waals surface area contributed by atoms with Crippen molar-refractivity contribution < 1.29 is 14.3 Å². The number of anilines is 1. The van der Waals surface area contributed by atoms with Crippen molar-refractivity contribution in [2.75, 3.05) is 12.4 Å². The van der Waals surface area contributed by atoms with Crippen LogP contribution in [0.4, 0.5) is 10.5 Å². The Morgan fingerprint density at radius 3 is 2.18 bits per heavy atom. The van der Waals surface area contributed by atoms with E-state index >= 15 is 0 Å². The molecule has 0 aliphatic heterocycles. The average Bonchev–Trinajstić information content (AvgIpc) is 2.56. The molecule has 0 saturated heterocycles. The summed E-state index contributed by atoms with van der Waals surface area (Å²) in [6.07, 6.45) is -0.309. The first kappa shape index (κ1) is 15.6. The zero-order valence-electron chi connectivity index (χ0n) is 12.3. The number of para-hydroxylation sites is 1. The Kier molecular flexibility index (Phi) is 5.54. The highest BCUT2D eigenvalue weighted by molar-refractivity contribution is 5.96. The van der Waals surface area contributed by atoms with Gasteiger partial charge in [-0.1, -0.05) is 48.5 Å². The summed E-state index contributed by atoms with van der Waals surface area (Å²) < 4.78 is 4.47. The van der Waals surface area contributed by atoms with E-state index in [1.54, 1.807) is 0 Å². The van der Waals surface area contributed by atoms with Crippen LogP contribution in [-0.4, -0.2) is 25.2 Å². The lowest BCUT2D eigenvalue weighted by Gasteiger charge is -2.19. The zero-order valence-corrected chi connectivity index (χ0v) is 12.3. The normalized spacial score (nSPS) is 11.3. The molecule has 0 fully saturated rings. The molecule has 5 heteroatoms. The molecule has 2 aromatic rings. The number of hydrogen-bond acceptors (Lipinski definition) is 4. The van der Waals surface area contributed by atoms with Crippen molar-refractivity contribution in [1.82, 2.24) is 5.32 Å². The van der Waals surface area contributed by atoms with Crippen LogP contribution in [0.15, 0.2) is 60.7 Å². The van der Waals surface area contributed by atoms with Crippen molar-refractivity contribution in [3.8, 4) is 0 Å². The number of benzene rings is 2. The van der Waals surface area contributed by atoms with Crippen molar-refractivity contribution in [2.45, 2.75) is 12.5 Å². The van der Waals surface area contributed by atoms with Gasteiger partial charge in [-0.2, -0.15) is 0 Å². The molecule has 2 N–H and O–H groups in total. The largest absolute Gasteiger partial charge is 0.453 e. The first-order valence-corrected chi connectivity index (χ1v) is 6.93. The third-order valence-electron chi connectivity index (χ3n) is 3.12. The summed E-state index contributed by atoms with van der Waals surface area (Å²) in [6.45, 7) is 0. The molecule has 5 nitrogen and oxygen atoms in total. The Balaban J connectivity index is 2.12. The number of ether oxygens (including phenoxy) is 1. The van der Waals surface area contributed by atoms with Crippen molar-refractivity contribution in [2.24, 2.45) is 0 Å². The molecule has 0 radical (unpaired) electrons. The van der Waals surface area contributed by atoms with Gasteiger partial charge in [0.2, 0.25) is 0 Å². The number of amides is 2. The van der Waals surface area contributed by atoms with Crippen LogP contribution in [0.3, 0.4) is 0 Å². The van der Waals surface area contributed by atoms with E-state index in [1.165, 1.54) is 7.11 Å². The maximum Gasteiger partial charge on any atom is 0.413 e. The van der Waals surface area contributed by atoms with Gasteiger partial charge in [0.15, 0.2) is 0 Å². The van der Waals surface area contributed by atoms with E-state index in [0.29, 0.717) is 6.42 Å². The van der Waals surface area contributed by atoms with Crippen LogP contribution in [0.2, 0.25) is 0 Å². The Morgan fingerprint density at radius 1 is 1.00 bits per heavy atom. The molecule has 0 heterocycles. The molecule has 2 aromatic carbocycles. The monoisotopic (exact) mass is 298 g/mol. The van der Waals surface area contributed by atoms with Crippen LogP contribution in [0, 0.1) is 0 Å². The lowest BCUT2D eigenvalue weighted by molar-refractivity contribution is -0.121. The Hall–Kier alpha value is -2.82. The van der Waals surface area contributed by atoms with Gasteiger partial charge < -0.3 is 10.1 Å². The second-order valence-corrected chi connectivity index (χ2v) is 4.73. The SMILES string of the molecule is COC(=O)NC(=O)[C@H](Cc1ccccc1)Nc1ccccc1. The summed E-state index contributed by atoms with van der Waals surface area (Å²) in [5.74, 6) is -0.431. The highest BCUT2D eigenvalue weighted by Crippen LogP contribution is 2.11. The molecule has 0 spiro atoms. The van der Waals surface area contributed by atoms with E-state index in [4.69, 9.17) is 0 Å². The average molecular weight is 298 g/mol. The third kappa shape index (κ3) is 4.63. The fourth-order valence-electron chi connectivity index (χ4n) is 2.03. The molecule has 0 bridgehead atoms. The van der Waals surface area contributed by atoms with Gasteiger partial charge in [-0.25, -0.2) is 4.79 Å². The van der Waals surface area contributed by atoms with Gasteiger partial charge in [0.25, 0.3) is 5.91 Å². The topological polar surface area (TPSA) is 67.4 Å². The molecular formula is C17H18N2O3. The lowest BCUT2D eigenvalue weighted by atomic mass is 10.0. The Labute approximate surface area is 129 Å². The zero-order chi connectivity index (χ0) is 15.8. The summed E-state index contributed by atoms with van der Waals surface area (Å²) in [4.78, 5) is 23.5. The number of methoxy groups -OCH3 is 1. The molecule has 2 rings (SSSR count). The first-order chi connectivity index (χ1) is 10.7.